The number of aryl methyl sites for hydroxylation is 1. The molecule has 0 aliphatic rings. The average molecular weight is 480 g/mol. The van der Waals surface area contributed by atoms with E-state index in [4.69, 9.17) is 9.15 Å². The molecular weight excluding hydrogens is 450 g/mol. The van der Waals surface area contributed by atoms with Gasteiger partial charge in [-0.05, 0) is 49.9 Å². The molecule has 0 unspecified atom stereocenters. The maximum atomic E-state index is 13.3. The van der Waals surface area contributed by atoms with Crippen LogP contribution in [0.1, 0.15) is 56.3 Å². The Morgan fingerprint density at radius 1 is 0.971 bits per heavy atom. The Morgan fingerprint density at radius 2 is 1.59 bits per heavy atom. The van der Waals surface area contributed by atoms with Crippen LogP contribution in [0.3, 0.4) is 0 Å². The zero-order chi connectivity index (χ0) is 24.8. The van der Waals surface area contributed by atoms with Crippen molar-refractivity contribution in [3.05, 3.63) is 71.5 Å². The van der Waals surface area contributed by atoms with E-state index < -0.39 is 16.0 Å². The van der Waals surface area contributed by atoms with Crippen LogP contribution in [0.5, 0.6) is 0 Å². The van der Waals surface area contributed by atoms with Gasteiger partial charge in [0.25, 0.3) is 10.0 Å². The third-order valence-electron chi connectivity index (χ3n) is 5.69. The first-order valence-electron chi connectivity index (χ1n) is 11.2. The second kappa shape index (κ2) is 8.47. The first-order valence-corrected chi connectivity index (χ1v) is 12.7. The number of sulfonamides is 1. The molecule has 178 valence electrons. The van der Waals surface area contributed by atoms with Crippen LogP contribution in [-0.2, 0) is 20.2 Å². The largest absolute Gasteiger partial charge is 0.460 e. The van der Waals surface area contributed by atoms with Gasteiger partial charge in [0.15, 0.2) is 0 Å². The Labute approximate surface area is 200 Å². The Morgan fingerprint density at radius 3 is 2.18 bits per heavy atom. The van der Waals surface area contributed by atoms with Gasteiger partial charge in [0.2, 0.25) is 0 Å². The standard InChI is InChI=1S/C27H29NO5S/c1-16(2)32-26(29)24-17(3)33-25-21-10-8-7-9-20(21)23(15-22(24)25)28-34(30,31)19-13-11-18(12-14-19)27(4,5)6/h7-16,28H,1-6H3. The van der Waals surface area contributed by atoms with Crippen LogP contribution in [0.2, 0.25) is 0 Å². The van der Waals surface area contributed by atoms with Gasteiger partial charge in [-0.25, -0.2) is 13.2 Å². The monoisotopic (exact) mass is 479 g/mol. The van der Waals surface area contributed by atoms with E-state index in [1.165, 1.54) is 0 Å². The smallest absolute Gasteiger partial charge is 0.342 e. The second-order valence-corrected chi connectivity index (χ2v) is 11.4. The molecule has 34 heavy (non-hydrogen) atoms. The molecule has 0 spiro atoms. The van der Waals surface area contributed by atoms with Gasteiger partial charge in [-0.15, -0.1) is 0 Å². The molecule has 0 aliphatic carbocycles. The summed E-state index contributed by atoms with van der Waals surface area (Å²) < 4.78 is 40.7. The van der Waals surface area contributed by atoms with Crippen molar-refractivity contribution >= 4 is 43.4 Å². The van der Waals surface area contributed by atoms with Crippen LogP contribution >= 0.6 is 0 Å². The zero-order valence-electron chi connectivity index (χ0n) is 20.2. The normalized spacial score (nSPS) is 12.4. The zero-order valence-corrected chi connectivity index (χ0v) is 21.0. The van der Waals surface area contributed by atoms with E-state index in [0.717, 1.165) is 5.56 Å². The summed E-state index contributed by atoms with van der Waals surface area (Å²) in [5.74, 6) is -0.0864. The van der Waals surface area contributed by atoms with Gasteiger partial charge in [-0.1, -0.05) is 57.2 Å². The molecule has 4 aromatic rings. The summed E-state index contributed by atoms with van der Waals surface area (Å²) in [4.78, 5) is 13.0. The van der Waals surface area contributed by atoms with Crippen LogP contribution < -0.4 is 4.72 Å². The van der Waals surface area contributed by atoms with Gasteiger partial charge < -0.3 is 9.15 Å². The summed E-state index contributed by atoms with van der Waals surface area (Å²) in [5, 5.41) is 1.87. The topological polar surface area (TPSA) is 85.6 Å². The van der Waals surface area contributed by atoms with Crippen molar-refractivity contribution in [2.24, 2.45) is 0 Å². The fraction of sp³-hybridized carbons (Fsp3) is 0.296. The molecule has 7 heteroatoms. The molecule has 0 radical (unpaired) electrons. The number of carbonyl (C=O) groups excluding carboxylic acids is 1. The SMILES string of the molecule is Cc1oc2c(cc(NS(=O)(=O)c3ccc(C(C)(C)C)cc3)c3ccccc32)c1C(=O)OC(C)C. The van der Waals surface area contributed by atoms with Crippen molar-refractivity contribution in [2.75, 3.05) is 4.72 Å². The molecule has 0 bridgehead atoms. The van der Waals surface area contributed by atoms with E-state index >= 15 is 0 Å². The Hall–Kier alpha value is -3.32. The highest BCUT2D eigenvalue weighted by Crippen LogP contribution is 2.38. The number of anilines is 1. The molecule has 0 saturated heterocycles. The summed E-state index contributed by atoms with van der Waals surface area (Å²) in [5.41, 5.74) is 2.13. The van der Waals surface area contributed by atoms with E-state index in [1.54, 1.807) is 39.0 Å². The molecule has 1 heterocycles. The number of benzene rings is 3. The van der Waals surface area contributed by atoms with Crippen molar-refractivity contribution in [2.45, 2.75) is 58.0 Å². The summed E-state index contributed by atoms with van der Waals surface area (Å²) in [6.45, 7) is 11.5. The number of furan rings is 1. The van der Waals surface area contributed by atoms with E-state index in [2.05, 4.69) is 25.5 Å². The first kappa shape index (κ1) is 23.8. The third kappa shape index (κ3) is 4.40. The number of esters is 1. The maximum Gasteiger partial charge on any atom is 0.342 e. The summed E-state index contributed by atoms with van der Waals surface area (Å²) in [6, 6.07) is 15.8. The fourth-order valence-corrected chi connectivity index (χ4v) is 5.06. The van der Waals surface area contributed by atoms with Gasteiger partial charge >= 0.3 is 5.97 Å². The van der Waals surface area contributed by atoms with E-state index in [-0.39, 0.29) is 16.4 Å². The lowest BCUT2D eigenvalue weighted by molar-refractivity contribution is 0.0378. The van der Waals surface area contributed by atoms with Crippen molar-refractivity contribution in [1.29, 1.82) is 0 Å². The molecule has 0 atom stereocenters. The average Bonchev–Trinajstić information content (AvgIpc) is 3.08. The van der Waals surface area contributed by atoms with Gasteiger partial charge in [-0.3, -0.25) is 4.72 Å². The fourth-order valence-electron chi connectivity index (χ4n) is 3.99. The minimum atomic E-state index is -3.88. The number of nitrogens with one attached hydrogen (secondary N) is 1. The third-order valence-corrected chi connectivity index (χ3v) is 7.07. The molecular formula is C27H29NO5S. The molecule has 0 saturated carbocycles. The van der Waals surface area contributed by atoms with Crippen molar-refractivity contribution < 1.29 is 22.4 Å². The van der Waals surface area contributed by atoms with Crippen molar-refractivity contribution in [1.82, 2.24) is 0 Å². The van der Waals surface area contributed by atoms with E-state index in [0.29, 0.717) is 38.8 Å². The summed E-state index contributed by atoms with van der Waals surface area (Å²) in [7, 11) is -3.88. The van der Waals surface area contributed by atoms with Gasteiger partial charge in [0.05, 0.1) is 16.7 Å². The maximum absolute atomic E-state index is 13.3. The van der Waals surface area contributed by atoms with Gasteiger partial charge in [-0.2, -0.15) is 0 Å². The lowest BCUT2D eigenvalue weighted by Crippen LogP contribution is -2.15. The summed E-state index contributed by atoms with van der Waals surface area (Å²) in [6.07, 6.45) is -0.300. The van der Waals surface area contributed by atoms with Crippen LogP contribution in [-0.4, -0.2) is 20.5 Å². The van der Waals surface area contributed by atoms with Gasteiger partial charge in [0, 0.05) is 16.2 Å². The van der Waals surface area contributed by atoms with E-state index in [9.17, 15) is 13.2 Å². The van der Waals surface area contributed by atoms with Crippen LogP contribution in [0.25, 0.3) is 21.7 Å². The Balaban J connectivity index is 1.85. The molecule has 1 aromatic heterocycles. The molecule has 0 fully saturated rings. The lowest BCUT2D eigenvalue weighted by atomic mass is 9.87. The number of hydrogen-bond donors (Lipinski definition) is 1. The number of rotatable bonds is 5. The molecule has 1 N–H and O–H groups in total. The minimum absolute atomic E-state index is 0.0862. The highest BCUT2D eigenvalue weighted by molar-refractivity contribution is 7.92. The van der Waals surface area contributed by atoms with Crippen LogP contribution in [0.4, 0.5) is 5.69 Å². The van der Waals surface area contributed by atoms with Crippen LogP contribution in [0.15, 0.2) is 63.9 Å². The quantitative estimate of drug-likeness (QED) is 0.328. The number of fused-ring (bicyclic) bond motifs is 3. The lowest BCUT2D eigenvalue weighted by Gasteiger charge is -2.19. The number of ether oxygens (including phenoxy) is 1. The number of carbonyl (C=O) groups is 1. The highest BCUT2D eigenvalue weighted by atomic mass is 32.2. The van der Waals surface area contributed by atoms with E-state index in [1.807, 2.05) is 36.4 Å². The minimum Gasteiger partial charge on any atom is -0.460 e. The molecule has 6 nitrogen and oxygen atoms in total. The summed E-state index contributed by atoms with van der Waals surface area (Å²) >= 11 is 0. The molecule has 3 aromatic carbocycles. The molecule has 4 rings (SSSR count). The Kier molecular flexibility index (Phi) is 5.94. The predicted octanol–water partition coefficient (Wildman–Crippen LogP) is 6.56. The van der Waals surface area contributed by atoms with Gasteiger partial charge in [0.1, 0.15) is 16.9 Å². The van der Waals surface area contributed by atoms with Crippen LogP contribution in [0, 0.1) is 6.92 Å². The Bertz CT molecular complexity index is 1490. The molecule has 0 aliphatic heterocycles. The predicted molar refractivity (Wildman–Crippen MR) is 135 cm³/mol. The van der Waals surface area contributed by atoms with Crippen molar-refractivity contribution in [3.63, 3.8) is 0 Å². The van der Waals surface area contributed by atoms with Crippen molar-refractivity contribution in [3.8, 4) is 0 Å². The highest BCUT2D eigenvalue weighted by Gasteiger charge is 2.25. The number of hydrogen-bond acceptors (Lipinski definition) is 5. The first-order chi connectivity index (χ1) is 15.9. The molecule has 0 amide bonds. The second-order valence-electron chi connectivity index (χ2n) is 9.71.